The first-order chi connectivity index (χ1) is 10.7. The van der Waals surface area contributed by atoms with Gasteiger partial charge in [-0.1, -0.05) is 50.3 Å². The van der Waals surface area contributed by atoms with Crippen molar-refractivity contribution in [2.45, 2.75) is 26.7 Å². The van der Waals surface area contributed by atoms with Crippen LogP contribution in [0.5, 0.6) is 0 Å². The summed E-state index contributed by atoms with van der Waals surface area (Å²) < 4.78 is 10.2. The van der Waals surface area contributed by atoms with Crippen molar-refractivity contribution >= 4 is 11.9 Å². The summed E-state index contributed by atoms with van der Waals surface area (Å²) in [5, 5.41) is 0. The van der Waals surface area contributed by atoms with Crippen LogP contribution < -0.4 is 0 Å². The molecule has 1 rings (SSSR count). The molecule has 0 saturated carbocycles. The van der Waals surface area contributed by atoms with Gasteiger partial charge in [-0.2, -0.15) is 0 Å². The molecule has 1 aromatic carbocycles. The lowest BCUT2D eigenvalue weighted by Crippen LogP contribution is -2.14. The van der Waals surface area contributed by atoms with E-state index in [0.717, 1.165) is 12.8 Å². The SMILES string of the molecule is CC/C=C\COC(=O)c1ccccc1C(=O)OC/C=C/CC. The number of rotatable bonds is 8. The highest BCUT2D eigenvalue weighted by Gasteiger charge is 2.18. The first-order valence-electron chi connectivity index (χ1n) is 7.44. The Morgan fingerprint density at radius 3 is 1.59 bits per heavy atom. The molecule has 0 saturated heterocycles. The lowest BCUT2D eigenvalue weighted by atomic mass is 10.1. The summed E-state index contributed by atoms with van der Waals surface area (Å²) in [6.07, 6.45) is 9.13. The van der Waals surface area contributed by atoms with E-state index >= 15 is 0 Å². The summed E-state index contributed by atoms with van der Waals surface area (Å²) in [4.78, 5) is 24.1. The van der Waals surface area contributed by atoms with Gasteiger partial charge in [0.15, 0.2) is 0 Å². The quantitative estimate of drug-likeness (QED) is 0.539. The van der Waals surface area contributed by atoms with Gasteiger partial charge >= 0.3 is 11.9 Å². The van der Waals surface area contributed by atoms with Crippen LogP contribution in [0, 0.1) is 0 Å². The van der Waals surface area contributed by atoms with Crippen LogP contribution >= 0.6 is 0 Å². The Labute approximate surface area is 131 Å². The van der Waals surface area contributed by atoms with Crippen LogP contribution in [0.15, 0.2) is 48.6 Å². The predicted octanol–water partition coefficient (Wildman–Crippen LogP) is 3.93. The van der Waals surface area contributed by atoms with Gasteiger partial charge in [0.2, 0.25) is 0 Å². The fraction of sp³-hybridized carbons (Fsp3) is 0.333. The van der Waals surface area contributed by atoms with Crippen molar-refractivity contribution in [1.82, 2.24) is 0 Å². The van der Waals surface area contributed by atoms with Crippen molar-refractivity contribution in [3.63, 3.8) is 0 Å². The largest absolute Gasteiger partial charge is 0.458 e. The highest BCUT2D eigenvalue weighted by atomic mass is 16.5. The highest BCUT2D eigenvalue weighted by Crippen LogP contribution is 2.12. The van der Waals surface area contributed by atoms with Gasteiger partial charge in [0.25, 0.3) is 0 Å². The number of hydrogen-bond donors (Lipinski definition) is 0. The number of hydrogen-bond acceptors (Lipinski definition) is 4. The molecule has 0 amide bonds. The zero-order valence-corrected chi connectivity index (χ0v) is 13.1. The molecule has 0 aliphatic rings. The summed E-state index contributed by atoms with van der Waals surface area (Å²) in [5.41, 5.74) is 0.439. The maximum atomic E-state index is 12.0. The Bertz CT molecular complexity index is 495. The van der Waals surface area contributed by atoms with E-state index in [9.17, 15) is 9.59 Å². The second kappa shape index (κ2) is 10.4. The van der Waals surface area contributed by atoms with Crippen LogP contribution in [0.3, 0.4) is 0 Å². The van der Waals surface area contributed by atoms with Gasteiger partial charge in [-0.05, 0) is 25.0 Å². The minimum absolute atomic E-state index is 0.190. The monoisotopic (exact) mass is 302 g/mol. The van der Waals surface area contributed by atoms with Gasteiger partial charge < -0.3 is 9.47 Å². The van der Waals surface area contributed by atoms with Crippen molar-refractivity contribution in [2.24, 2.45) is 0 Å². The van der Waals surface area contributed by atoms with Crippen molar-refractivity contribution in [2.75, 3.05) is 13.2 Å². The lowest BCUT2D eigenvalue weighted by molar-refractivity contribution is 0.0502. The molecule has 118 valence electrons. The third kappa shape index (κ3) is 5.95. The molecule has 0 aliphatic carbocycles. The normalized spacial score (nSPS) is 11.0. The number of carbonyl (C=O) groups is 2. The maximum Gasteiger partial charge on any atom is 0.339 e. The zero-order valence-electron chi connectivity index (χ0n) is 13.1. The topological polar surface area (TPSA) is 52.6 Å². The molecular weight excluding hydrogens is 280 g/mol. The van der Waals surface area contributed by atoms with E-state index in [1.54, 1.807) is 36.4 Å². The van der Waals surface area contributed by atoms with E-state index in [4.69, 9.17) is 9.47 Å². The van der Waals surface area contributed by atoms with Crippen LogP contribution in [0.2, 0.25) is 0 Å². The molecule has 4 heteroatoms. The van der Waals surface area contributed by atoms with Crippen molar-refractivity contribution in [1.29, 1.82) is 0 Å². The Hall–Kier alpha value is -2.36. The van der Waals surface area contributed by atoms with E-state index in [2.05, 4.69) is 0 Å². The molecule has 0 aliphatic heterocycles. The minimum Gasteiger partial charge on any atom is -0.458 e. The van der Waals surface area contributed by atoms with Gasteiger partial charge in [0, 0.05) is 0 Å². The predicted molar refractivity (Wildman–Crippen MR) is 85.9 cm³/mol. The Morgan fingerprint density at radius 1 is 0.818 bits per heavy atom. The number of esters is 2. The fourth-order valence-corrected chi connectivity index (χ4v) is 1.71. The van der Waals surface area contributed by atoms with Gasteiger partial charge in [0.1, 0.15) is 13.2 Å². The molecule has 4 nitrogen and oxygen atoms in total. The number of ether oxygens (including phenoxy) is 2. The summed E-state index contributed by atoms with van der Waals surface area (Å²) in [6, 6.07) is 6.49. The van der Waals surface area contributed by atoms with Gasteiger partial charge in [0.05, 0.1) is 11.1 Å². The number of allylic oxidation sites excluding steroid dienone is 2. The first kappa shape index (κ1) is 17.7. The Kier molecular flexibility index (Phi) is 8.35. The average Bonchev–Trinajstić information content (AvgIpc) is 2.55. The molecule has 0 radical (unpaired) electrons. The van der Waals surface area contributed by atoms with E-state index < -0.39 is 11.9 Å². The molecule has 0 atom stereocenters. The van der Waals surface area contributed by atoms with Gasteiger partial charge in [-0.25, -0.2) is 9.59 Å². The molecule has 0 bridgehead atoms. The molecule has 1 aromatic rings. The molecule has 0 heterocycles. The first-order valence-corrected chi connectivity index (χ1v) is 7.44. The van der Waals surface area contributed by atoms with Crippen LogP contribution in [0.25, 0.3) is 0 Å². The zero-order chi connectivity index (χ0) is 16.2. The van der Waals surface area contributed by atoms with E-state index in [-0.39, 0.29) is 24.3 Å². The van der Waals surface area contributed by atoms with E-state index in [1.165, 1.54) is 0 Å². The van der Waals surface area contributed by atoms with E-state index in [0.29, 0.717) is 0 Å². The fourth-order valence-electron chi connectivity index (χ4n) is 1.71. The van der Waals surface area contributed by atoms with Gasteiger partial charge in [-0.3, -0.25) is 0 Å². The molecule has 0 unspecified atom stereocenters. The molecule has 0 N–H and O–H groups in total. The average molecular weight is 302 g/mol. The van der Waals surface area contributed by atoms with Crippen LogP contribution in [0.4, 0.5) is 0 Å². The Balaban J connectivity index is 2.71. The van der Waals surface area contributed by atoms with Crippen molar-refractivity contribution in [3.8, 4) is 0 Å². The smallest absolute Gasteiger partial charge is 0.339 e. The molecule has 0 aromatic heterocycles. The standard InChI is InChI=1S/C18H22O4/c1-3-5-9-13-21-17(19)15-11-7-8-12-16(15)18(20)22-14-10-6-4-2/h5-12H,3-4,13-14H2,1-2H3/b9-5-,10-6+. The molecule has 0 fully saturated rings. The van der Waals surface area contributed by atoms with Gasteiger partial charge in [-0.15, -0.1) is 0 Å². The second-order valence-electron chi connectivity index (χ2n) is 4.50. The van der Waals surface area contributed by atoms with Crippen LogP contribution in [-0.4, -0.2) is 25.2 Å². The number of carbonyl (C=O) groups excluding carboxylic acids is 2. The summed E-state index contributed by atoms with van der Waals surface area (Å²) in [7, 11) is 0. The van der Waals surface area contributed by atoms with Crippen LogP contribution in [0.1, 0.15) is 47.4 Å². The minimum atomic E-state index is -0.530. The molecule has 0 spiro atoms. The molecule has 22 heavy (non-hydrogen) atoms. The maximum absolute atomic E-state index is 12.0. The number of benzene rings is 1. The second-order valence-corrected chi connectivity index (χ2v) is 4.50. The van der Waals surface area contributed by atoms with E-state index in [1.807, 2.05) is 26.0 Å². The Morgan fingerprint density at radius 2 is 1.23 bits per heavy atom. The van der Waals surface area contributed by atoms with Crippen molar-refractivity contribution < 1.29 is 19.1 Å². The highest BCUT2D eigenvalue weighted by molar-refractivity contribution is 6.03. The third-order valence-electron chi connectivity index (χ3n) is 2.79. The third-order valence-corrected chi connectivity index (χ3v) is 2.79. The van der Waals surface area contributed by atoms with Crippen molar-refractivity contribution in [3.05, 3.63) is 59.7 Å². The summed E-state index contributed by atoms with van der Waals surface area (Å²) in [6.45, 7) is 4.37. The van der Waals surface area contributed by atoms with Crippen LogP contribution in [-0.2, 0) is 9.47 Å². The lowest BCUT2D eigenvalue weighted by Gasteiger charge is -2.08. The summed E-state index contributed by atoms with van der Waals surface area (Å²) >= 11 is 0. The molecular formula is C18H22O4. The summed E-state index contributed by atoms with van der Waals surface area (Å²) in [5.74, 6) is -1.06.